The first-order chi connectivity index (χ1) is 15.4. The third kappa shape index (κ3) is 4.23. The normalized spacial score (nSPS) is 17.6. The first kappa shape index (κ1) is 22.3. The van der Waals surface area contributed by atoms with E-state index in [0.717, 1.165) is 61.9 Å². The van der Waals surface area contributed by atoms with Crippen LogP contribution >= 0.6 is 0 Å². The number of unbranched alkanes of at least 4 members (excludes halogenated alkanes) is 1. The van der Waals surface area contributed by atoms with Crippen molar-refractivity contribution < 1.29 is 9.59 Å². The monoisotopic (exact) mass is 430 g/mol. The fourth-order valence-electron chi connectivity index (χ4n) is 4.81. The topological polar surface area (TPSA) is 40.6 Å². The summed E-state index contributed by atoms with van der Waals surface area (Å²) in [6.07, 6.45) is 5.37. The molecule has 0 saturated carbocycles. The number of carbonyl (C=O) groups is 2. The number of rotatable bonds is 6. The number of anilines is 1. The number of benzene rings is 2. The van der Waals surface area contributed by atoms with E-state index in [0.29, 0.717) is 22.9 Å². The Kier molecular flexibility index (Phi) is 6.50. The summed E-state index contributed by atoms with van der Waals surface area (Å²) in [6.45, 7) is 10.1. The van der Waals surface area contributed by atoms with Gasteiger partial charge in [0, 0.05) is 13.1 Å². The second-order valence-electron chi connectivity index (χ2n) is 9.43. The molecule has 1 fully saturated rings. The molecule has 2 aromatic carbocycles. The maximum Gasteiger partial charge on any atom is 0.282 e. The predicted octanol–water partition coefficient (Wildman–Crippen LogP) is 5.66. The molecule has 168 valence electrons. The van der Waals surface area contributed by atoms with Gasteiger partial charge in [-0.15, -0.1) is 0 Å². The first-order valence-corrected chi connectivity index (χ1v) is 11.9. The summed E-state index contributed by atoms with van der Waals surface area (Å²) in [5.74, 6) is 0.244. The summed E-state index contributed by atoms with van der Waals surface area (Å²) >= 11 is 0. The molecule has 1 saturated heterocycles. The minimum absolute atomic E-state index is 0.194. The van der Waals surface area contributed by atoms with Crippen molar-refractivity contribution in [3.8, 4) is 0 Å². The average Bonchev–Trinajstić information content (AvgIpc) is 3.03. The van der Waals surface area contributed by atoms with Crippen LogP contribution in [0.15, 0.2) is 48.2 Å². The first-order valence-electron chi connectivity index (χ1n) is 11.9. The van der Waals surface area contributed by atoms with Gasteiger partial charge in [0.1, 0.15) is 5.70 Å². The van der Waals surface area contributed by atoms with E-state index in [1.165, 1.54) is 10.5 Å². The highest BCUT2D eigenvalue weighted by molar-refractivity contribution is 6.45. The van der Waals surface area contributed by atoms with Gasteiger partial charge in [0.05, 0.1) is 11.3 Å². The Morgan fingerprint density at radius 2 is 1.62 bits per heavy atom. The molecule has 0 bridgehead atoms. The van der Waals surface area contributed by atoms with Gasteiger partial charge in [-0.25, -0.2) is 4.90 Å². The predicted molar refractivity (Wildman–Crippen MR) is 130 cm³/mol. The highest BCUT2D eigenvalue weighted by Crippen LogP contribution is 2.37. The van der Waals surface area contributed by atoms with Crippen molar-refractivity contribution in [2.45, 2.75) is 59.8 Å². The number of piperidine rings is 1. The van der Waals surface area contributed by atoms with Crippen LogP contribution in [0.2, 0.25) is 0 Å². The summed E-state index contributed by atoms with van der Waals surface area (Å²) in [4.78, 5) is 31.0. The second kappa shape index (κ2) is 9.32. The number of amides is 2. The Hall–Kier alpha value is -2.88. The molecule has 0 atom stereocenters. The molecule has 0 radical (unpaired) electrons. The second-order valence-corrected chi connectivity index (χ2v) is 9.43. The highest BCUT2D eigenvalue weighted by Gasteiger charge is 2.43. The molecule has 0 N–H and O–H groups in total. The molecule has 2 aromatic rings. The number of nitrogens with zero attached hydrogens (tertiary/aromatic N) is 2. The van der Waals surface area contributed by atoms with Crippen LogP contribution in [0.3, 0.4) is 0 Å². The van der Waals surface area contributed by atoms with Crippen molar-refractivity contribution in [3.63, 3.8) is 0 Å². The summed E-state index contributed by atoms with van der Waals surface area (Å²) in [5, 5.41) is 0. The minimum atomic E-state index is -0.211. The maximum absolute atomic E-state index is 13.7. The highest BCUT2D eigenvalue weighted by atomic mass is 16.2. The van der Waals surface area contributed by atoms with E-state index in [4.69, 9.17) is 0 Å². The molecule has 2 aliphatic rings. The maximum atomic E-state index is 13.7. The molecule has 2 heterocycles. The smallest absolute Gasteiger partial charge is 0.282 e. The van der Waals surface area contributed by atoms with Gasteiger partial charge < -0.3 is 4.90 Å². The number of hydrogen-bond donors (Lipinski definition) is 0. The molecule has 0 unspecified atom stereocenters. The fraction of sp³-hybridized carbons (Fsp3) is 0.429. The summed E-state index contributed by atoms with van der Waals surface area (Å²) in [5.41, 5.74) is 6.06. The van der Waals surface area contributed by atoms with E-state index in [1.54, 1.807) is 0 Å². The van der Waals surface area contributed by atoms with Crippen molar-refractivity contribution >= 4 is 23.1 Å². The lowest BCUT2D eigenvalue weighted by Crippen LogP contribution is -2.38. The van der Waals surface area contributed by atoms with E-state index in [-0.39, 0.29) is 11.8 Å². The van der Waals surface area contributed by atoms with Crippen molar-refractivity contribution in [1.29, 1.82) is 0 Å². The summed E-state index contributed by atoms with van der Waals surface area (Å²) in [6, 6.07) is 14.0. The number of likely N-dealkylation sites (tertiary alicyclic amines) is 1. The van der Waals surface area contributed by atoms with Crippen LogP contribution in [0.5, 0.6) is 0 Å². The van der Waals surface area contributed by atoms with E-state index in [9.17, 15) is 9.59 Å². The molecule has 4 heteroatoms. The summed E-state index contributed by atoms with van der Waals surface area (Å²) < 4.78 is 0. The van der Waals surface area contributed by atoms with Crippen LogP contribution in [0, 0.1) is 19.8 Å². The van der Waals surface area contributed by atoms with E-state index in [2.05, 4.69) is 24.8 Å². The van der Waals surface area contributed by atoms with Crippen LogP contribution < -0.4 is 4.90 Å². The Balaban J connectivity index is 1.74. The largest absolute Gasteiger partial charge is 0.366 e. The van der Waals surface area contributed by atoms with Gasteiger partial charge in [-0.1, -0.05) is 56.2 Å². The lowest BCUT2D eigenvalue weighted by atomic mass is 9.95. The van der Waals surface area contributed by atoms with Gasteiger partial charge in [-0.05, 0) is 74.3 Å². The van der Waals surface area contributed by atoms with Gasteiger partial charge in [0.25, 0.3) is 11.8 Å². The van der Waals surface area contributed by atoms with Crippen LogP contribution in [-0.2, 0) is 16.0 Å². The van der Waals surface area contributed by atoms with Crippen molar-refractivity contribution in [1.82, 2.24) is 4.90 Å². The molecule has 0 aliphatic carbocycles. The average molecular weight is 431 g/mol. The molecular formula is C28H34N2O2. The van der Waals surface area contributed by atoms with Crippen LogP contribution in [-0.4, -0.2) is 29.8 Å². The Bertz CT molecular complexity index is 1040. The molecular weight excluding hydrogens is 396 g/mol. The Morgan fingerprint density at radius 3 is 2.25 bits per heavy atom. The van der Waals surface area contributed by atoms with Crippen molar-refractivity contribution in [3.05, 3.63) is 70.4 Å². The van der Waals surface area contributed by atoms with Gasteiger partial charge in [0.2, 0.25) is 0 Å². The van der Waals surface area contributed by atoms with Crippen LogP contribution in [0.25, 0.3) is 5.57 Å². The molecule has 4 nitrogen and oxygen atoms in total. The number of aryl methyl sites for hydroxylation is 3. The number of carbonyl (C=O) groups excluding carboxylic acids is 2. The zero-order valence-corrected chi connectivity index (χ0v) is 19.8. The summed E-state index contributed by atoms with van der Waals surface area (Å²) in [7, 11) is 0. The Labute approximate surface area is 191 Å². The SMILES string of the molecule is CCCCc1ccc(N2C(=O)C(c3ccc(C)cc3C)=C(N3CCC(C)CC3)C2=O)cc1. The minimum Gasteiger partial charge on any atom is -0.366 e. The van der Waals surface area contributed by atoms with Gasteiger partial charge in [0.15, 0.2) is 0 Å². The van der Waals surface area contributed by atoms with E-state index >= 15 is 0 Å². The standard InChI is InChI=1S/C28H34N2O2/c1-5-6-7-22-9-11-23(12-10-22)30-27(31)25(24-13-8-20(3)18-21(24)4)26(28(30)32)29-16-14-19(2)15-17-29/h8-13,18-19H,5-7,14-17H2,1-4H3. The van der Waals surface area contributed by atoms with Crippen LogP contribution in [0.1, 0.15) is 61.8 Å². The quantitative estimate of drug-likeness (QED) is 0.555. The number of imide groups is 1. The van der Waals surface area contributed by atoms with E-state index in [1.807, 2.05) is 50.2 Å². The molecule has 2 aliphatic heterocycles. The molecule has 2 amide bonds. The van der Waals surface area contributed by atoms with E-state index < -0.39 is 0 Å². The van der Waals surface area contributed by atoms with Crippen molar-refractivity contribution in [2.75, 3.05) is 18.0 Å². The van der Waals surface area contributed by atoms with Crippen molar-refractivity contribution in [2.24, 2.45) is 5.92 Å². The molecule has 4 rings (SSSR count). The third-order valence-electron chi connectivity index (χ3n) is 6.82. The third-order valence-corrected chi connectivity index (χ3v) is 6.82. The zero-order valence-electron chi connectivity index (χ0n) is 19.8. The number of hydrogen-bond acceptors (Lipinski definition) is 3. The lowest BCUT2D eigenvalue weighted by Gasteiger charge is -2.32. The van der Waals surface area contributed by atoms with Gasteiger partial charge in [-0.3, -0.25) is 9.59 Å². The van der Waals surface area contributed by atoms with Gasteiger partial charge >= 0.3 is 0 Å². The lowest BCUT2D eigenvalue weighted by molar-refractivity contribution is -0.120. The Morgan fingerprint density at radius 1 is 0.938 bits per heavy atom. The fourth-order valence-corrected chi connectivity index (χ4v) is 4.81. The zero-order chi connectivity index (χ0) is 22.8. The molecule has 0 spiro atoms. The van der Waals surface area contributed by atoms with Crippen LogP contribution in [0.4, 0.5) is 5.69 Å². The molecule has 0 aromatic heterocycles. The van der Waals surface area contributed by atoms with Gasteiger partial charge in [-0.2, -0.15) is 0 Å². The molecule has 32 heavy (non-hydrogen) atoms.